The second kappa shape index (κ2) is 10.8. The van der Waals surface area contributed by atoms with Crippen molar-refractivity contribution in [3.63, 3.8) is 0 Å². The molecule has 1 saturated heterocycles. The highest BCUT2D eigenvalue weighted by atomic mass is 35.5. The van der Waals surface area contributed by atoms with Gasteiger partial charge in [-0.2, -0.15) is 0 Å². The molecule has 0 radical (unpaired) electrons. The van der Waals surface area contributed by atoms with Crippen molar-refractivity contribution in [1.82, 2.24) is 9.80 Å². The van der Waals surface area contributed by atoms with E-state index >= 15 is 0 Å². The van der Waals surface area contributed by atoms with E-state index in [2.05, 4.69) is 9.74 Å². The number of amides is 1. The molecular formula is C28H25ClFN3O2. The Morgan fingerprint density at radius 3 is 2.49 bits per heavy atom. The summed E-state index contributed by atoms with van der Waals surface area (Å²) in [6.07, 6.45) is 0.153. The van der Waals surface area contributed by atoms with Crippen LogP contribution in [-0.2, 0) is 13.0 Å². The lowest BCUT2D eigenvalue weighted by atomic mass is 10.0. The van der Waals surface area contributed by atoms with E-state index in [0.29, 0.717) is 48.0 Å². The molecule has 0 aliphatic carbocycles. The Morgan fingerprint density at radius 1 is 1.03 bits per heavy atom. The standard InChI is InChI=1S/C28H25ClFN3O2/c1-19-17-32(12-13-33(19)28(35)22-8-4-10-24(30)14-22)18-23-9-3-7-21(27(23)29)16-26(34)20-6-5-11-25(15-20)31-2/h3-11,14-15,19H,12-13,16-18H2,1H3/t19-/m0/s1. The van der Waals surface area contributed by atoms with Crippen molar-refractivity contribution in [3.8, 4) is 0 Å². The zero-order chi connectivity index (χ0) is 24.9. The molecule has 0 N–H and O–H groups in total. The molecule has 7 heteroatoms. The molecule has 0 saturated carbocycles. The summed E-state index contributed by atoms with van der Waals surface area (Å²) in [6, 6.07) is 18.1. The summed E-state index contributed by atoms with van der Waals surface area (Å²) in [5, 5.41) is 0.563. The number of hydrogen-bond acceptors (Lipinski definition) is 3. The van der Waals surface area contributed by atoms with Crippen molar-refractivity contribution in [1.29, 1.82) is 0 Å². The number of nitrogens with zero attached hydrogens (tertiary/aromatic N) is 3. The highest BCUT2D eigenvalue weighted by molar-refractivity contribution is 6.32. The van der Waals surface area contributed by atoms with E-state index in [1.807, 2.05) is 25.1 Å². The fourth-order valence-corrected chi connectivity index (χ4v) is 4.67. The summed E-state index contributed by atoms with van der Waals surface area (Å²) < 4.78 is 13.6. The van der Waals surface area contributed by atoms with Gasteiger partial charge in [0.2, 0.25) is 0 Å². The molecule has 1 aliphatic rings. The number of carbonyl (C=O) groups excluding carboxylic acids is 2. The van der Waals surface area contributed by atoms with E-state index in [0.717, 1.165) is 11.1 Å². The van der Waals surface area contributed by atoms with E-state index in [1.54, 1.807) is 41.3 Å². The van der Waals surface area contributed by atoms with Crippen molar-refractivity contribution in [3.05, 3.63) is 111 Å². The van der Waals surface area contributed by atoms with E-state index < -0.39 is 5.82 Å². The molecule has 5 nitrogen and oxygen atoms in total. The molecule has 0 aromatic heterocycles. The lowest BCUT2D eigenvalue weighted by molar-refractivity contribution is 0.0475. The number of benzene rings is 3. The normalized spacial score (nSPS) is 16.1. The van der Waals surface area contributed by atoms with Crippen LogP contribution in [0.5, 0.6) is 0 Å². The highest BCUT2D eigenvalue weighted by Crippen LogP contribution is 2.26. The third kappa shape index (κ3) is 5.76. The maximum atomic E-state index is 13.6. The van der Waals surface area contributed by atoms with Gasteiger partial charge in [0, 0.05) is 54.8 Å². The smallest absolute Gasteiger partial charge is 0.254 e. The van der Waals surface area contributed by atoms with Gasteiger partial charge in [-0.3, -0.25) is 14.5 Å². The van der Waals surface area contributed by atoms with Gasteiger partial charge in [0.05, 0.1) is 6.57 Å². The van der Waals surface area contributed by atoms with E-state index in [4.69, 9.17) is 18.2 Å². The minimum Gasteiger partial charge on any atom is -0.333 e. The Labute approximate surface area is 209 Å². The number of carbonyl (C=O) groups is 2. The molecule has 1 atom stereocenters. The number of piperazine rings is 1. The third-order valence-corrected chi connectivity index (χ3v) is 6.73. The second-order valence-electron chi connectivity index (χ2n) is 8.75. The molecule has 35 heavy (non-hydrogen) atoms. The Bertz CT molecular complexity index is 1300. The quantitative estimate of drug-likeness (QED) is 0.324. The van der Waals surface area contributed by atoms with Crippen LogP contribution < -0.4 is 0 Å². The minimum atomic E-state index is -0.422. The molecule has 0 spiro atoms. The molecule has 178 valence electrons. The third-order valence-electron chi connectivity index (χ3n) is 6.24. The highest BCUT2D eigenvalue weighted by Gasteiger charge is 2.28. The number of Topliss-reactive ketones (excluding diaryl/α,β-unsaturated/α-hetero) is 1. The molecule has 1 aliphatic heterocycles. The Morgan fingerprint density at radius 2 is 1.74 bits per heavy atom. The second-order valence-corrected chi connectivity index (χ2v) is 9.12. The van der Waals surface area contributed by atoms with Crippen molar-refractivity contribution >= 4 is 29.0 Å². The van der Waals surface area contributed by atoms with Crippen LogP contribution in [0.4, 0.5) is 10.1 Å². The summed E-state index contributed by atoms with van der Waals surface area (Å²) in [5.74, 6) is -0.681. The Balaban J connectivity index is 1.41. The lowest BCUT2D eigenvalue weighted by Gasteiger charge is -2.40. The first kappa shape index (κ1) is 24.6. The SMILES string of the molecule is [C-]#[N+]c1cccc(C(=O)Cc2cccc(CN3CCN(C(=O)c4cccc(F)c4)[C@@H](C)C3)c2Cl)c1. The van der Waals surface area contributed by atoms with Crippen molar-refractivity contribution in [2.45, 2.75) is 25.9 Å². The monoisotopic (exact) mass is 489 g/mol. The van der Waals surface area contributed by atoms with Crippen LogP contribution in [0.3, 0.4) is 0 Å². The zero-order valence-corrected chi connectivity index (χ0v) is 20.1. The van der Waals surface area contributed by atoms with Crippen LogP contribution in [0.1, 0.15) is 38.8 Å². The molecule has 4 rings (SSSR count). The average Bonchev–Trinajstić information content (AvgIpc) is 2.86. The van der Waals surface area contributed by atoms with Gasteiger partial charge in [-0.15, -0.1) is 0 Å². The Hall–Kier alpha value is -3.53. The van der Waals surface area contributed by atoms with Gasteiger partial charge < -0.3 is 4.90 Å². The predicted octanol–water partition coefficient (Wildman–Crippen LogP) is 5.80. The van der Waals surface area contributed by atoms with Crippen molar-refractivity contribution in [2.24, 2.45) is 0 Å². The van der Waals surface area contributed by atoms with Crippen molar-refractivity contribution < 1.29 is 14.0 Å². The predicted molar refractivity (Wildman–Crippen MR) is 134 cm³/mol. The molecule has 1 amide bonds. The van der Waals surface area contributed by atoms with Crippen LogP contribution in [0, 0.1) is 12.4 Å². The zero-order valence-electron chi connectivity index (χ0n) is 19.4. The van der Waals surface area contributed by atoms with Gasteiger partial charge in [0.15, 0.2) is 11.5 Å². The molecule has 3 aromatic carbocycles. The van der Waals surface area contributed by atoms with Crippen LogP contribution in [0.2, 0.25) is 5.02 Å². The number of halogens is 2. The molecular weight excluding hydrogens is 465 g/mol. The van der Waals surface area contributed by atoms with E-state index in [-0.39, 0.29) is 24.2 Å². The largest absolute Gasteiger partial charge is 0.333 e. The molecule has 3 aromatic rings. The average molecular weight is 490 g/mol. The molecule has 0 unspecified atom stereocenters. The summed E-state index contributed by atoms with van der Waals surface area (Å²) in [4.78, 5) is 33.0. The fourth-order valence-electron chi connectivity index (χ4n) is 4.42. The topological polar surface area (TPSA) is 45.0 Å². The summed E-state index contributed by atoms with van der Waals surface area (Å²) in [5.41, 5.74) is 2.94. The summed E-state index contributed by atoms with van der Waals surface area (Å²) in [7, 11) is 0. The van der Waals surface area contributed by atoms with Gasteiger partial charge in [0.1, 0.15) is 5.82 Å². The maximum absolute atomic E-state index is 13.6. The van der Waals surface area contributed by atoms with Gasteiger partial charge in [-0.1, -0.05) is 54.1 Å². The summed E-state index contributed by atoms with van der Waals surface area (Å²) in [6.45, 7) is 11.6. The van der Waals surface area contributed by atoms with Crippen LogP contribution in [0.15, 0.2) is 66.7 Å². The number of rotatable bonds is 6. The first-order chi connectivity index (χ1) is 16.9. The molecule has 0 bridgehead atoms. The molecule has 1 heterocycles. The fraction of sp³-hybridized carbons (Fsp3) is 0.250. The van der Waals surface area contributed by atoms with Gasteiger partial charge in [-0.25, -0.2) is 9.24 Å². The lowest BCUT2D eigenvalue weighted by Crippen LogP contribution is -2.53. The molecule has 1 fully saturated rings. The first-order valence-corrected chi connectivity index (χ1v) is 11.8. The van der Waals surface area contributed by atoms with Gasteiger partial charge in [0.25, 0.3) is 5.91 Å². The van der Waals surface area contributed by atoms with Crippen LogP contribution >= 0.6 is 11.6 Å². The maximum Gasteiger partial charge on any atom is 0.254 e. The van der Waals surface area contributed by atoms with Crippen LogP contribution in [-0.4, -0.2) is 47.2 Å². The van der Waals surface area contributed by atoms with Gasteiger partial charge in [-0.05, 0) is 42.3 Å². The van der Waals surface area contributed by atoms with E-state index in [1.165, 1.54) is 12.1 Å². The Kier molecular flexibility index (Phi) is 7.60. The first-order valence-electron chi connectivity index (χ1n) is 11.4. The van der Waals surface area contributed by atoms with Gasteiger partial charge >= 0.3 is 0 Å². The number of hydrogen-bond donors (Lipinski definition) is 0. The van der Waals surface area contributed by atoms with E-state index in [9.17, 15) is 14.0 Å². The minimum absolute atomic E-state index is 0.0437. The van der Waals surface area contributed by atoms with Crippen molar-refractivity contribution in [2.75, 3.05) is 19.6 Å². The number of ketones is 1. The summed E-state index contributed by atoms with van der Waals surface area (Å²) >= 11 is 6.70. The van der Waals surface area contributed by atoms with Crippen LogP contribution in [0.25, 0.3) is 4.85 Å².